The van der Waals surface area contributed by atoms with Crippen molar-refractivity contribution in [1.82, 2.24) is 14.5 Å². The molecule has 7 rings (SSSR count). The first-order valence-corrected chi connectivity index (χ1v) is 15.7. The summed E-state index contributed by atoms with van der Waals surface area (Å²) in [6.45, 7) is 11.6. The molecule has 4 bridgehead atoms. The molecule has 2 aliphatic rings. The second-order valence-electron chi connectivity index (χ2n) is 11.9. The van der Waals surface area contributed by atoms with Gasteiger partial charge >= 0.3 is 5.97 Å². The summed E-state index contributed by atoms with van der Waals surface area (Å²) in [4.78, 5) is 25.4. The molecule has 0 unspecified atom stereocenters. The minimum absolute atomic E-state index is 0.0239. The van der Waals surface area contributed by atoms with Crippen LogP contribution in [0.5, 0.6) is 17.4 Å². The first kappa shape index (κ1) is 30.3. The lowest BCUT2D eigenvalue weighted by Crippen LogP contribution is -2.31. The Morgan fingerprint density at radius 3 is 2.72 bits per heavy atom. The molecule has 2 aliphatic heterocycles. The van der Waals surface area contributed by atoms with E-state index in [1.165, 1.54) is 13.2 Å². The highest BCUT2D eigenvalue weighted by Gasteiger charge is 2.25. The average molecular weight is 631 g/mol. The first-order valence-electron chi connectivity index (χ1n) is 15.7. The SMILES string of the molecule is [C-]#[N+]c1ccc2c(c1)CCCOc1cc(c(C)cc1Cc1nc3c(OC)cc(C(=O)O)cc3n1C[C@@H]1CCO1)-c1cccc(n1)OC2. The van der Waals surface area contributed by atoms with E-state index in [-0.39, 0.29) is 11.7 Å². The van der Waals surface area contributed by atoms with E-state index in [0.717, 1.165) is 64.3 Å². The molecular weight excluding hydrogens is 596 g/mol. The zero-order chi connectivity index (χ0) is 32.5. The highest BCUT2D eigenvalue weighted by Crippen LogP contribution is 2.35. The molecular formula is C37H34N4O6. The Morgan fingerprint density at radius 2 is 1.96 bits per heavy atom. The van der Waals surface area contributed by atoms with Crippen LogP contribution in [0, 0.1) is 13.5 Å². The molecule has 47 heavy (non-hydrogen) atoms. The van der Waals surface area contributed by atoms with E-state index in [1.54, 1.807) is 6.07 Å². The average Bonchev–Trinajstić information content (AvgIpc) is 3.40. The molecule has 0 spiro atoms. The molecule has 0 radical (unpaired) electrons. The van der Waals surface area contributed by atoms with Gasteiger partial charge in [-0.3, -0.25) is 0 Å². The Hall–Kier alpha value is -5.40. The van der Waals surface area contributed by atoms with Gasteiger partial charge < -0.3 is 28.6 Å². The van der Waals surface area contributed by atoms with E-state index >= 15 is 0 Å². The molecule has 0 aliphatic carbocycles. The van der Waals surface area contributed by atoms with Crippen LogP contribution in [0.2, 0.25) is 0 Å². The third-order valence-electron chi connectivity index (χ3n) is 8.84. The second kappa shape index (κ2) is 12.8. The van der Waals surface area contributed by atoms with Crippen molar-refractivity contribution in [3.05, 3.63) is 106 Å². The number of fused-ring (bicyclic) bond motifs is 7. The number of carboxylic acid groups (broad SMARTS) is 1. The van der Waals surface area contributed by atoms with E-state index in [2.05, 4.69) is 22.4 Å². The lowest BCUT2D eigenvalue weighted by atomic mass is 9.99. The number of benzene rings is 3. The summed E-state index contributed by atoms with van der Waals surface area (Å²) in [6, 6.07) is 18.8. The normalized spacial score (nSPS) is 15.7. The number of hydrogen-bond acceptors (Lipinski definition) is 7. The van der Waals surface area contributed by atoms with E-state index in [1.807, 2.05) is 42.5 Å². The number of aryl methyl sites for hydroxylation is 2. The lowest BCUT2D eigenvalue weighted by molar-refractivity contribution is -0.0589. The molecule has 10 heteroatoms. The maximum Gasteiger partial charge on any atom is 0.335 e. The lowest BCUT2D eigenvalue weighted by Gasteiger charge is -2.27. The van der Waals surface area contributed by atoms with Gasteiger partial charge in [-0.05, 0) is 61.6 Å². The maximum atomic E-state index is 12.0. The minimum atomic E-state index is -1.03. The molecule has 0 amide bonds. The van der Waals surface area contributed by atoms with Crippen LogP contribution in [0.25, 0.3) is 27.1 Å². The predicted molar refractivity (Wildman–Crippen MR) is 176 cm³/mol. The van der Waals surface area contributed by atoms with Gasteiger partial charge in [0, 0.05) is 30.2 Å². The van der Waals surface area contributed by atoms with Crippen LogP contribution in [-0.4, -0.2) is 52.0 Å². The van der Waals surface area contributed by atoms with Crippen LogP contribution < -0.4 is 14.2 Å². The predicted octanol–water partition coefficient (Wildman–Crippen LogP) is 6.95. The quantitative estimate of drug-likeness (QED) is 0.201. The van der Waals surface area contributed by atoms with Gasteiger partial charge in [-0.15, -0.1) is 0 Å². The Morgan fingerprint density at radius 1 is 1.09 bits per heavy atom. The number of hydrogen-bond donors (Lipinski definition) is 1. The molecule has 3 aromatic carbocycles. The number of ether oxygens (including phenoxy) is 4. The molecule has 5 aromatic rings. The molecule has 1 saturated heterocycles. The molecule has 0 saturated carbocycles. The van der Waals surface area contributed by atoms with Crippen LogP contribution in [-0.2, 0) is 30.7 Å². The molecule has 1 N–H and O–H groups in total. The standard InChI is InChI=1S/C37H34N4O6/c1-22-14-25(18-34-40-36-31(41(34)20-28-11-13-45-28)16-26(37(42)43)17-33(36)44-3)32-19-29(22)30-7-4-8-35(39-30)47-21-24-9-10-27(38-2)15-23(24)6-5-12-46-32/h4,7-10,14-17,19,28H,5-6,11-13,18,20-21H2,1,3H3,(H,42,43)/t28-/m0/s1. The summed E-state index contributed by atoms with van der Waals surface area (Å²) in [7, 11) is 1.52. The third-order valence-corrected chi connectivity index (χ3v) is 8.84. The first-order chi connectivity index (χ1) is 22.9. The highest BCUT2D eigenvalue weighted by atomic mass is 16.5. The van der Waals surface area contributed by atoms with E-state index < -0.39 is 5.97 Å². The van der Waals surface area contributed by atoms with Crippen LogP contribution in [0.4, 0.5) is 5.69 Å². The van der Waals surface area contributed by atoms with Crippen LogP contribution in [0.3, 0.4) is 0 Å². The number of carbonyl (C=O) groups is 1. The van der Waals surface area contributed by atoms with Gasteiger partial charge in [0.2, 0.25) is 5.88 Å². The summed E-state index contributed by atoms with van der Waals surface area (Å²) in [5, 5.41) is 9.81. The fourth-order valence-corrected chi connectivity index (χ4v) is 6.25. The number of methoxy groups -OCH3 is 1. The highest BCUT2D eigenvalue weighted by molar-refractivity contribution is 5.95. The van der Waals surface area contributed by atoms with Crippen LogP contribution >= 0.6 is 0 Å². The van der Waals surface area contributed by atoms with Crippen LogP contribution in [0.1, 0.15) is 51.3 Å². The largest absolute Gasteiger partial charge is 0.494 e. The zero-order valence-corrected chi connectivity index (χ0v) is 26.3. The van der Waals surface area contributed by atoms with Gasteiger partial charge in [-0.1, -0.05) is 35.9 Å². The second-order valence-corrected chi connectivity index (χ2v) is 11.9. The van der Waals surface area contributed by atoms with E-state index in [4.69, 9.17) is 35.5 Å². The molecule has 2 aromatic heterocycles. The minimum Gasteiger partial charge on any atom is -0.494 e. The van der Waals surface area contributed by atoms with Crippen LogP contribution in [0.15, 0.2) is 60.7 Å². The smallest absolute Gasteiger partial charge is 0.335 e. The van der Waals surface area contributed by atoms with Gasteiger partial charge in [0.05, 0.1) is 49.7 Å². The van der Waals surface area contributed by atoms with Crippen molar-refractivity contribution in [2.45, 2.75) is 51.9 Å². The van der Waals surface area contributed by atoms with Gasteiger partial charge in [0.1, 0.15) is 29.4 Å². The Labute approximate surface area is 272 Å². The van der Waals surface area contributed by atoms with Gasteiger partial charge in [0.25, 0.3) is 0 Å². The summed E-state index contributed by atoms with van der Waals surface area (Å²) >= 11 is 0. The number of aromatic nitrogens is 3. The number of nitrogens with zero attached hydrogens (tertiary/aromatic N) is 4. The summed E-state index contributed by atoms with van der Waals surface area (Å²) < 4.78 is 26.1. The number of pyridine rings is 1. The van der Waals surface area contributed by atoms with Crippen molar-refractivity contribution in [3.8, 4) is 28.6 Å². The number of carboxylic acids is 1. The Bertz CT molecular complexity index is 2040. The fraction of sp³-hybridized carbons (Fsp3) is 0.297. The summed E-state index contributed by atoms with van der Waals surface area (Å²) in [5.74, 6) is 1.39. The molecule has 238 valence electrons. The number of imidazole rings is 1. The van der Waals surface area contributed by atoms with Crippen molar-refractivity contribution < 1.29 is 28.8 Å². The van der Waals surface area contributed by atoms with Crippen molar-refractivity contribution in [3.63, 3.8) is 0 Å². The van der Waals surface area contributed by atoms with Crippen molar-refractivity contribution in [2.24, 2.45) is 0 Å². The zero-order valence-electron chi connectivity index (χ0n) is 26.3. The summed E-state index contributed by atoms with van der Waals surface area (Å²) in [5.41, 5.74) is 7.80. The third kappa shape index (κ3) is 6.10. The number of aromatic carboxylic acids is 1. The van der Waals surface area contributed by atoms with E-state index in [0.29, 0.717) is 61.1 Å². The van der Waals surface area contributed by atoms with Gasteiger partial charge in [-0.25, -0.2) is 19.6 Å². The van der Waals surface area contributed by atoms with Gasteiger partial charge in [-0.2, -0.15) is 0 Å². The van der Waals surface area contributed by atoms with Crippen molar-refractivity contribution in [2.75, 3.05) is 20.3 Å². The van der Waals surface area contributed by atoms with E-state index in [9.17, 15) is 9.90 Å². The molecule has 10 nitrogen and oxygen atoms in total. The topological polar surface area (TPSA) is 109 Å². The monoisotopic (exact) mass is 630 g/mol. The Balaban J connectivity index is 1.30. The van der Waals surface area contributed by atoms with Crippen molar-refractivity contribution >= 4 is 22.7 Å². The van der Waals surface area contributed by atoms with Gasteiger partial charge in [0.15, 0.2) is 5.69 Å². The molecule has 1 atom stereocenters. The molecule has 1 fully saturated rings. The van der Waals surface area contributed by atoms with Crippen molar-refractivity contribution in [1.29, 1.82) is 0 Å². The summed E-state index contributed by atoms with van der Waals surface area (Å²) in [6.07, 6.45) is 2.86. The maximum absolute atomic E-state index is 12.0. The fourth-order valence-electron chi connectivity index (χ4n) is 6.25. The Kier molecular flexibility index (Phi) is 8.23. The molecule has 4 heterocycles. The number of rotatable bonds is 6.